The number of hydrogen-bond acceptors (Lipinski definition) is 2. The van der Waals surface area contributed by atoms with Gasteiger partial charge >= 0.3 is 0 Å². The Morgan fingerprint density at radius 3 is 2.35 bits per heavy atom. The Kier molecular flexibility index (Phi) is 8.34. The number of nitrogens with zero attached hydrogens (tertiary/aromatic N) is 1. The Hall–Kier alpha value is -0.630. The first-order chi connectivity index (χ1) is 8.79. The van der Waals surface area contributed by atoms with Crippen molar-refractivity contribution in [3.63, 3.8) is 0 Å². The van der Waals surface area contributed by atoms with E-state index in [1.54, 1.807) is 0 Å². The molecule has 0 spiro atoms. The van der Waals surface area contributed by atoms with Gasteiger partial charge in [-0.05, 0) is 39.8 Å². The second-order valence-electron chi connectivity index (χ2n) is 5.42. The van der Waals surface area contributed by atoms with Crippen LogP contribution in [0.5, 0.6) is 0 Å². The quantitative estimate of drug-likeness (QED) is 0.457. The third kappa shape index (κ3) is 7.23. The summed E-state index contributed by atoms with van der Waals surface area (Å²) < 4.78 is 11.6. The minimum Gasteiger partial charge on any atom is -0.370 e. The van der Waals surface area contributed by atoms with Crippen molar-refractivity contribution in [1.82, 2.24) is 0 Å². The first kappa shape index (κ1) is 19.4. The van der Waals surface area contributed by atoms with Crippen molar-refractivity contribution in [3.8, 4) is 0 Å². The predicted octanol–water partition coefficient (Wildman–Crippen LogP) is 2.89. The number of rotatable bonds is 4. The number of benzene rings is 1. The normalized spacial score (nSPS) is 13.5. The van der Waals surface area contributed by atoms with Crippen LogP contribution >= 0.6 is 24.0 Å². The first-order valence-corrected chi connectivity index (χ1v) is 7.63. The smallest absolute Gasteiger partial charge is 0.193 e. The number of halogens is 1. The molecule has 0 heterocycles. The van der Waals surface area contributed by atoms with Crippen LogP contribution in [-0.4, -0.2) is 27.2 Å². The minimum atomic E-state index is -0.894. The number of nitrogens with two attached hydrogens (primary N) is 1. The maximum Gasteiger partial charge on any atom is 0.193 e. The lowest BCUT2D eigenvalue weighted by molar-refractivity contribution is 0.648. The standard InChI is InChI=1S/C14H23N3OS.HI/c1-11-5-7-12(8-6-11)17-13(15)16-9-10-19(18)14(2,3)4;/h5-8H,9-10H2,1-4H3,(H3,15,16,17);1H. The molecular formula is C14H24IN3OS. The molecule has 0 saturated heterocycles. The molecule has 114 valence electrons. The molecule has 3 N–H and O–H groups in total. The lowest BCUT2D eigenvalue weighted by Crippen LogP contribution is -2.27. The molecule has 0 amide bonds. The summed E-state index contributed by atoms with van der Waals surface area (Å²) in [6, 6.07) is 7.91. The lowest BCUT2D eigenvalue weighted by Gasteiger charge is -2.16. The van der Waals surface area contributed by atoms with Gasteiger partial charge in [0.1, 0.15) is 0 Å². The van der Waals surface area contributed by atoms with Crippen molar-refractivity contribution >= 4 is 46.4 Å². The van der Waals surface area contributed by atoms with Crippen LogP contribution in [0, 0.1) is 6.92 Å². The van der Waals surface area contributed by atoms with Gasteiger partial charge in [0.25, 0.3) is 0 Å². The zero-order valence-electron chi connectivity index (χ0n) is 12.5. The highest BCUT2D eigenvalue weighted by Gasteiger charge is 2.18. The number of hydrogen-bond donors (Lipinski definition) is 2. The molecule has 1 aromatic carbocycles. The van der Waals surface area contributed by atoms with Crippen LogP contribution < -0.4 is 11.1 Å². The second kappa shape index (κ2) is 8.61. The summed E-state index contributed by atoms with van der Waals surface area (Å²) >= 11 is 0. The third-order valence-corrected chi connectivity index (χ3v) is 4.49. The third-order valence-electron chi connectivity index (χ3n) is 2.57. The van der Waals surface area contributed by atoms with E-state index >= 15 is 0 Å². The minimum absolute atomic E-state index is 0. The summed E-state index contributed by atoms with van der Waals surface area (Å²) in [5, 5.41) is 3.01. The van der Waals surface area contributed by atoms with Crippen LogP contribution in [0.3, 0.4) is 0 Å². The number of aryl methyl sites for hydroxylation is 1. The highest BCUT2D eigenvalue weighted by molar-refractivity contribution is 14.0. The van der Waals surface area contributed by atoms with Gasteiger partial charge in [-0.25, -0.2) is 0 Å². The molecule has 4 nitrogen and oxygen atoms in total. The zero-order valence-corrected chi connectivity index (χ0v) is 15.6. The summed E-state index contributed by atoms with van der Waals surface area (Å²) in [6.45, 7) is 8.37. The first-order valence-electron chi connectivity index (χ1n) is 6.31. The number of anilines is 1. The van der Waals surface area contributed by atoms with E-state index in [2.05, 4.69) is 10.3 Å². The van der Waals surface area contributed by atoms with Crippen LogP contribution in [0.2, 0.25) is 0 Å². The van der Waals surface area contributed by atoms with Crippen LogP contribution in [0.15, 0.2) is 29.3 Å². The van der Waals surface area contributed by atoms with Crippen molar-refractivity contribution in [2.75, 3.05) is 17.6 Å². The van der Waals surface area contributed by atoms with E-state index in [-0.39, 0.29) is 28.7 Å². The van der Waals surface area contributed by atoms with Crippen LogP contribution in [0.25, 0.3) is 0 Å². The monoisotopic (exact) mass is 409 g/mol. The summed E-state index contributed by atoms with van der Waals surface area (Å²) in [6.07, 6.45) is 0. The molecule has 1 unspecified atom stereocenters. The van der Waals surface area contributed by atoms with E-state index < -0.39 is 10.8 Å². The Morgan fingerprint density at radius 1 is 1.30 bits per heavy atom. The van der Waals surface area contributed by atoms with Gasteiger partial charge < -0.3 is 11.1 Å². The molecule has 0 bridgehead atoms. The molecule has 0 radical (unpaired) electrons. The van der Waals surface area contributed by atoms with Crippen LogP contribution in [-0.2, 0) is 10.8 Å². The maximum absolute atomic E-state index is 11.8. The molecule has 6 heteroatoms. The van der Waals surface area contributed by atoms with E-state index in [4.69, 9.17) is 5.73 Å². The fourth-order valence-electron chi connectivity index (χ4n) is 1.38. The summed E-state index contributed by atoms with van der Waals surface area (Å²) in [5.74, 6) is 0.884. The topological polar surface area (TPSA) is 67.5 Å². The fourth-order valence-corrected chi connectivity index (χ4v) is 2.25. The number of guanidine groups is 1. The number of aliphatic imine (C=N–C) groups is 1. The molecule has 0 aliphatic carbocycles. The van der Waals surface area contributed by atoms with Crippen molar-refractivity contribution in [3.05, 3.63) is 29.8 Å². The average Bonchev–Trinajstić information content (AvgIpc) is 2.31. The zero-order chi connectivity index (χ0) is 14.5. The fraction of sp³-hybridized carbons (Fsp3) is 0.500. The largest absolute Gasteiger partial charge is 0.370 e. The van der Waals surface area contributed by atoms with Gasteiger partial charge in [0, 0.05) is 27.0 Å². The van der Waals surface area contributed by atoms with Crippen molar-refractivity contribution in [1.29, 1.82) is 0 Å². The summed E-state index contributed by atoms with van der Waals surface area (Å²) in [4.78, 5) is 4.19. The molecule has 1 aromatic rings. The van der Waals surface area contributed by atoms with E-state index in [1.807, 2.05) is 52.0 Å². The Bertz CT molecular complexity index is 466. The molecule has 0 aromatic heterocycles. The van der Waals surface area contributed by atoms with Gasteiger partial charge in [0.2, 0.25) is 0 Å². The van der Waals surface area contributed by atoms with E-state index in [9.17, 15) is 4.21 Å². The van der Waals surface area contributed by atoms with Crippen LogP contribution in [0.4, 0.5) is 5.69 Å². The second-order valence-corrected chi connectivity index (χ2v) is 7.74. The molecule has 0 aliphatic heterocycles. The SMILES string of the molecule is Cc1ccc(NC(N)=NCCS(=O)C(C)(C)C)cc1.I. The Labute approximate surface area is 141 Å². The molecule has 20 heavy (non-hydrogen) atoms. The van der Waals surface area contributed by atoms with Gasteiger partial charge in [-0.3, -0.25) is 9.20 Å². The Morgan fingerprint density at radius 2 is 1.85 bits per heavy atom. The lowest BCUT2D eigenvalue weighted by atomic mass is 10.2. The highest BCUT2D eigenvalue weighted by atomic mass is 127. The molecular weight excluding hydrogens is 385 g/mol. The van der Waals surface area contributed by atoms with Crippen molar-refractivity contribution < 1.29 is 4.21 Å². The molecule has 1 atom stereocenters. The van der Waals surface area contributed by atoms with Gasteiger partial charge in [-0.2, -0.15) is 0 Å². The van der Waals surface area contributed by atoms with Crippen molar-refractivity contribution in [2.45, 2.75) is 32.4 Å². The molecule has 1 rings (SSSR count). The van der Waals surface area contributed by atoms with Gasteiger partial charge in [0.05, 0.1) is 6.54 Å². The van der Waals surface area contributed by atoms with Gasteiger partial charge in [-0.15, -0.1) is 24.0 Å². The Balaban J connectivity index is 0.00000361. The molecule has 0 saturated carbocycles. The maximum atomic E-state index is 11.8. The summed E-state index contributed by atoms with van der Waals surface area (Å²) in [7, 11) is -0.894. The average molecular weight is 409 g/mol. The number of nitrogens with one attached hydrogen (secondary N) is 1. The van der Waals surface area contributed by atoms with E-state index in [0.29, 0.717) is 18.3 Å². The highest BCUT2D eigenvalue weighted by Crippen LogP contribution is 2.11. The summed E-state index contributed by atoms with van der Waals surface area (Å²) in [5.41, 5.74) is 7.88. The molecule has 0 fully saturated rings. The van der Waals surface area contributed by atoms with Gasteiger partial charge in [0.15, 0.2) is 5.96 Å². The van der Waals surface area contributed by atoms with E-state index in [0.717, 1.165) is 5.69 Å². The van der Waals surface area contributed by atoms with Crippen molar-refractivity contribution in [2.24, 2.45) is 10.7 Å². The van der Waals surface area contributed by atoms with Crippen LogP contribution in [0.1, 0.15) is 26.3 Å². The van der Waals surface area contributed by atoms with Gasteiger partial charge in [-0.1, -0.05) is 17.7 Å². The van der Waals surface area contributed by atoms with E-state index in [1.165, 1.54) is 5.56 Å². The predicted molar refractivity (Wildman–Crippen MR) is 99.5 cm³/mol. The molecule has 0 aliphatic rings.